The number of benzene rings is 3. The minimum absolute atomic E-state index is 0. The van der Waals surface area contributed by atoms with E-state index >= 15 is 0 Å². The Bertz CT molecular complexity index is 1120. The summed E-state index contributed by atoms with van der Waals surface area (Å²) in [6.45, 7) is 0. The Morgan fingerprint density at radius 3 is 2.68 bits per heavy atom. The molecular weight excluding hydrogens is 588 g/mol. The second-order valence-electron chi connectivity index (χ2n) is 6.89. The Morgan fingerprint density at radius 2 is 1.84 bits per heavy atom. The molecule has 0 N–H and O–H groups in total. The molecular formula is C25H17BrCl2NSZr-3. The van der Waals surface area contributed by atoms with Crippen LogP contribution >= 0.6 is 33.0 Å². The monoisotopic (exact) mass is 602 g/mol. The summed E-state index contributed by atoms with van der Waals surface area (Å²) in [5.74, 6) is 0.322. The van der Waals surface area contributed by atoms with E-state index in [-0.39, 0.29) is 13.5 Å². The van der Waals surface area contributed by atoms with Crippen LogP contribution in [0.2, 0.25) is 0 Å². The van der Waals surface area contributed by atoms with Crippen molar-refractivity contribution in [3.05, 3.63) is 111 Å². The number of fused-ring (bicyclic) bond motifs is 6. The zero-order valence-electron chi connectivity index (χ0n) is 16.3. The maximum atomic E-state index is 4.93. The van der Waals surface area contributed by atoms with Crippen LogP contribution in [0.5, 0.6) is 0 Å². The van der Waals surface area contributed by atoms with Crippen LogP contribution in [0.15, 0.2) is 81.9 Å². The minimum atomic E-state index is -0.826. The van der Waals surface area contributed by atoms with Crippen LogP contribution in [0.4, 0.5) is 0 Å². The van der Waals surface area contributed by atoms with Crippen molar-refractivity contribution >= 4 is 58.7 Å². The summed E-state index contributed by atoms with van der Waals surface area (Å²) in [6, 6.07) is 25.5. The number of rotatable bonds is 0. The first-order valence-electron chi connectivity index (χ1n) is 9.38. The summed E-state index contributed by atoms with van der Waals surface area (Å²) >= 11 is 2.63. The zero-order chi connectivity index (χ0) is 20.9. The predicted molar refractivity (Wildman–Crippen MR) is 135 cm³/mol. The van der Waals surface area contributed by atoms with Gasteiger partial charge >= 0.3 is 37.9 Å². The van der Waals surface area contributed by atoms with Crippen LogP contribution in [0.25, 0.3) is 17.2 Å². The van der Waals surface area contributed by atoms with Gasteiger partial charge in [-0.05, 0) is 18.1 Å². The van der Waals surface area contributed by atoms with Gasteiger partial charge < -0.3 is 13.5 Å². The largest absolute Gasteiger partial charge is 0.813 e. The van der Waals surface area contributed by atoms with Crippen LogP contribution in [0, 0.1) is 12.1 Å². The van der Waals surface area contributed by atoms with E-state index in [1.807, 2.05) is 24.5 Å². The molecule has 31 heavy (non-hydrogen) atoms. The fraction of sp³-hybridized carbons (Fsp3) is 0.0800. The molecule has 3 aromatic carbocycles. The molecule has 1 nitrogen and oxygen atoms in total. The first kappa shape index (κ1) is 24.7. The van der Waals surface area contributed by atoms with Crippen LogP contribution in [0.1, 0.15) is 28.2 Å². The van der Waals surface area contributed by atoms with Crippen molar-refractivity contribution in [2.24, 2.45) is 4.99 Å². The van der Waals surface area contributed by atoms with Gasteiger partial charge in [-0.3, -0.25) is 4.99 Å². The fourth-order valence-electron chi connectivity index (χ4n) is 3.90. The molecule has 0 spiro atoms. The predicted octanol–water partition coefficient (Wildman–Crippen LogP) is 7.49. The Balaban J connectivity index is 0.000000152. The molecule has 3 aromatic rings. The molecule has 1 heterocycles. The molecule has 0 aromatic heterocycles. The Hall–Kier alpha value is -0.897. The molecule has 0 fully saturated rings. The molecule has 0 bridgehead atoms. The normalized spacial score (nSPS) is 15.5. The standard InChI is InChI=1S/C13H9.C12H7BrN.2ClH.H2S.Zr/c1-3-7-12-10(5-1)9-11-6-2-4-8-13(11)12;13-10-1-2-11-9(6-10)5-8-3-4-14-7-12(8)11;;;;/h1-5,7-8H,9H2;1,3-7,12H;2*1H;1H2;/q2*-1;;;;+2/p-3. The van der Waals surface area contributed by atoms with Gasteiger partial charge in [0.1, 0.15) is 0 Å². The third-order valence-electron chi connectivity index (χ3n) is 5.17. The quantitative estimate of drug-likeness (QED) is 0.115. The number of nitrogens with zero attached hydrogens (tertiary/aromatic N) is 1. The average Bonchev–Trinajstić information content (AvgIpc) is 3.32. The maximum absolute atomic E-state index is 4.93. The molecule has 6 rings (SSSR count). The van der Waals surface area contributed by atoms with Gasteiger partial charge in [-0.15, -0.1) is 38.7 Å². The van der Waals surface area contributed by atoms with Crippen molar-refractivity contribution in [1.29, 1.82) is 0 Å². The second-order valence-corrected chi connectivity index (χ2v) is 11.5. The van der Waals surface area contributed by atoms with Crippen molar-refractivity contribution in [3.63, 3.8) is 0 Å². The number of allylic oxidation sites excluding steroid dienone is 2. The molecule has 2 aliphatic carbocycles. The molecule has 0 radical (unpaired) electrons. The van der Waals surface area contributed by atoms with E-state index < -0.39 is 20.8 Å². The first-order chi connectivity index (χ1) is 14.7. The van der Waals surface area contributed by atoms with Crippen molar-refractivity contribution in [2.75, 3.05) is 0 Å². The van der Waals surface area contributed by atoms with Gasteiger partial charge in [-0.25, -0.2) is 0 Å². The summed E-state index contributed by atoms with van der Waals surface area (Å²) in [6.07, 6.45) is 9.12. The molecule has 6 heteroatoms. The van der Waals surface area contributed by atoms with Gasteiger partial charge in [-0.2, -0.15) is 48.0 Å². The van der Waals surface area contributed by atoms with E-state index in [1.165, 1.54) is 39.0 Å². The van der Waals surface area contributed by atoms with Gasteiger partial charge in [-0.1, -0.05) is 39.9 Å². The summed E-state index contributed by atoms with van der Waals surface area (Å²) in [4.78, 5) is 4.16. The van der Waals surface area contributed by atoms with Crippen molar-refractivity contribution in [2.45, 2.75) is 12.3 Å². The third kappa shape index (κ3) is 5.73. The molecule has 0 saturated carbocycles. The smallest absolute Gasteiger partial charge is 0.0253 e. The molecule has 0 saturated heterocycles. The number of hydrogen-bond donors (Lipinski definition) is 0. The van der Waals surface area contributed by atoms with E-state index in [4.69, 9.17) is 17.0 Å². The Labute approximate surface area is 217 Å². The minimum Gasteiger partial charge on any atom is -0.813 e. The van der Waals surface area contributed by atoms with Crippen molar-refractivity contribution in [1.82, 2.24) is 0 Å². The van der Waals surface area contributed by atoms with Gasteiger partial charge in [0.05, 0.1) is 0 Å². The third-order valence-corrected chi connectivity index (χ3v) is 5.62. The van der Waals surface area contributed by atoms with Gasteiger partial charge in [0.25, 0.3) is 0 Å². The van der Waals surface area contributed by atoms with E-state index in [9.17, 15) is 0 Å². The van der Waals surface area contributed by atoms with Crippen molar-refractivity contribution < 1.29 is 20.8 Å². The van der Waals surface area contributed by atoms with Gasteiger partial charge in [0, 0.05) is 18.3 Å². The number of halogens is 3. The van der Waals surface area contributed by atoms with E-state index in [1.54, 1.807) is 0 Å². The SMILES string of the molecule is Brc1c[c-]c2c(c1)C=C1C=CN=CC12.[Cl][Zr][Cl].[SH-].[c-]1cccc2c1Cc1ccccc1-2. The van der Waals surface area contributed by atoms with Gasteiger partial charge in [0.2, 0.25) is 0 Å². The van der Waals surface area contributed by atoms with Crippen LogP contribution in [-0.2, 0) is 40.8 Å². The zero-order valence-corrected chi connectivity index (χ0v) is 22.8. The Kier molecular flexibility index (Phi) is 9.43. The molecule has 1 aliphatic heterocycles. The molecule has 156 valence electrons. The number of aliphatic imine (C=N–C) groups is 1. The second kappa shape index (κ2) is 11.8. The summed E-state index contributed by atoms with van der Waals surface area (Å²) in [5.41, 5.74) is 9.30. The molecule has 1 atom stereocenters. The number of hydrogen-bond acceptors (Lipinski definition) is 2. The summed E-state index contributed by atoms with van der Waals surface area (Å²) in [5, 5.41) is 0. The summed E-state index contributed by atoms with van der Waals surface area (Å²) < 4.78 is 1.08. The summed E-state index contributed by atoms with van der Waals surface area (Å²) in [7, 11) is 9.87. The Morgan fingerprint density at radius 1 is 1.06 bits per heavy atom. The average molecular weight is 606 g/mol. The molecule has 3 aliphatic rings. The van der Waals surface area contributed by atoms with E-state index in [0.717, 1.165) is 10.9 Å². The topological polar surface area (TPSA) is 12.4 Å². The van der Waals surface area contributed by atoms with Gasteiger partial charge in [0.15, 0.2) is 0 Å². The van der Waals surface area contributed by atoms with Crippen LogP contribution in [0.3, 0.4) is 0 Å². The van der Waals surface area contributed by atoms with Crippen molar-refractivity contribution in [3.8, 4) is 11.1 Å². The molecule has 1 unspecified atom stereocenters. The fourth-order valence-corrected chi connectivity index (χ4v) is 4.26. The van der Waals surface area contributed by atoms with Crippen LogP contribution < -0.4 is 0 Å². The van der Waals surface area contributed by atoms with E-state index in [2.05, 4.69) is 87.7 Å². The van der Waals surface area contributed by atoms with E-state index in [0.29, 0.717) is 5.92 Å². The van der Waals surface area contributed by atoms with Crippen LogP contribution in [-0.4, -0.2) is 6.21 Å². The first-order valence-corrected chi connectivity index (χ1v) is 16.5. The number of thiol groups is 1. The maximum Gasteiger partial charge on any atom is -0.0253 e. The molecule has 0 amide bonds.